The van der Waals surface area contributed by atoms with E-state index < -0.39 is 0 Å². The molecular formula is C9H9FS. The number of thiol groups is 1. The minimum absolute atomic E-state index is 0.108. The van der Waals surface area contributed by atoms with Crippen molar-refractivity contribution in [1.82, 2.24) is 0 Å². The molecule has 0 bridgehead atoms. The van der Waals surface area contributed by atoms with E-state index in [0.29, 0.717) is 4.90 Å². The molecule has 0 fully saturated rings. The molecular weight excluding hydrogens is 159 g/mol. The summed E-state index contributed by atoms with van der Waals surface area (Å²) in [6.07, 6.45) is 3.00. The minimum Gasteiger partial charge on any atom is -0.205 e. The molecule has 0 saturated carbocycles. The second-order valence-corrected chi connectivity index (χ2v) is 3.37. The zero-order chi connectivity index (χ0) is 7.84. The Kier molecular flexibility index (Phi) is 1.64. The van der Waals surface area contributed by atoms with E-state index in [1.54, 1.807) is 6.07 Å². The molecule has 0 nitrogen and oxygen atoms in total. The zero-order valence-corrected chi connectivity index (χ0v) is 7.00. The van der Waals surface area contributed by atoms with Gasteiger partial charge in [-0.3, -0.25) is 0 Å². The number of hydrogen-bond donors (Lipinski definition) is 1. The molecule has 1 aliphatic carbocycles. The van der Waals surface area contributed by atoms with Crippen molar-refractivity contribution in [2.75, 3.05) is 0 Å². The van der Waals surface area contributed by atoms with Crippen molar-refractivity contribution < 1.29 is 4.39 Å². The molecule has 0 amide bonds. The number of aryl methyl sites for hydroxylation is 1. The van der Waals surface area contributed by atoms with Gasteiger partial charge in [0.25, 0.3) is 0 Å². The van der Waals surface area contributed by atoms with Gasteiger partial charge < -0.3 is 0 Å². The predicted octanol–water partition coefficient (Wildman–Crippen LogP) is 2.60. The minimum atomic E-state index is -0.108. The molecule has 2 heteroatoms. The van der Waals surface area contributed by atoms with Crippen LogP contribution in [0.4, 0.5) is 4.39 Å². The normalized spacial score (nSPS) is 15.1. The van der Waals surface area contributed by atoms with Crippen LogP contribution < -0.4 is 0 Å². The quantitative estimate of drug-likeness (QED) is 0.565. The van der Waals surface area contributed by atoms with Crippen LogP contribution in [-0.2, 0) is 12.8 Å². The second-order valence-electron chi connectivity index (χ2n) is 2.89. The molecule has 1 aliphatic rings. The predicted molar refractivity (Wildman–Crippen MR) is 45.7 cm³/mol. The van der Waals surface area contributed by atoms with Crippen molar-refractivity contribution >= 4 is 12.6 Å². The number of fused-ring (bicyclic) bond motifs is 1. The molecule has 0 atom stereocenters. The number of hydrogen-bond acceptors (Lipinski definition) is 1. The van der Waals surface area contributed by atoms with E-state index in [2.05, 4.69) is 12.6 Å². The van der Waals surface area contributed by atoms with Crippen LogP contribution in [0, 0.1) is 5.82 Å². The Morgan fingerprint density at radius 3 is 2.91 bits per heavy atom. The molecule has 1 aromatic rings. The monoisotopic (exact) mass is 168 g/mol. The van der Waals surface area contributed by atoms with E-state index in [9.17, 15) is 4.39 Å². The fraction of sp³-hybridized carbons (Fsp3) is 0.333. The highest BCUT2D eigenvalue weighted by Crippen LogP contribution is 2.27. The highest BCUT2D eigenvalue weighted by atomic mass is 32.1. The summed E-state index contributed by atoms with van der Waals surface area (Å²) in [7, 11) is 0. The van der Waals surface area contributed by atoms with Crippen LogP contribution >= 0.6 is 12.6 Å². The second kappa shape index (κ2) is 2.52. The lowest BCUT2D eigenvalue weighted by molar-refractivity contribution is 0.588. The fourth-order valence-corrected chi connectivity index (χ4v) is 1.82. The molecule has 0 N–H and O–H groups in total. The molecule has 0 saturated heterocycles. The average Bonchev–Trinajstić information content (AvgIpc) is 2.45. The summed E-state index contributed by atoms with van der Waals surface area (Å²) in [6, 6.07) is 3.72. The molecule has 11 heavy (non-hydrogen) atoms. The van der Waals surface area contributed by atoms with Crippen LogP contribution in [0.2, 0.25) is 0 Å². The fourth-order valence-electron chi connectivity index (χ4n) is 1.61. The third-order valence-electron chi connectivity index (χ3n) is 2.19. The summed E-state index contributed by atoms with van der Waals surface area (Å²) in [4.78, 5) is 0.477. The van der Waals surface area contributed by atoms with Gasteiger partial charge in [-0.05, 0) is 36.5 Å². The first-order chi connectivity index (χ1) is 5.29. The van der Waals surface area contributed by atoms with E-state index in [-0.39, 0.29) is 5.82 Å². The Morgan fingerprint density at radius 2 is 2.09 bits per heavy atom. The van der Waals surface area contributed by atoms with Gasteiger partial charge in [0.15, 0.2) is 0 Å². The zero-order valence-electron chi connectivity index (χ0n) is 6.10. The van der Waals surface area contributed by atoms with Gasteiger partial charge in [-0.2, -0.15) is 0 Å². The van der Waals surface area contributed by atoms with Gasteiger partial charge in [-0.25, -0.2) is 4.39 Å². The smallest absolute Gasteiger partial charge is 0.139 e. The molecule has 0 spiro atoms. The summed E-state index contributed by atoms with van der Waals surface area (Å²) in [5.74, 6) is -0.108. The van der Waals surface area contributed by atoms with E-state index in [0.717, 1.165) is 24.8 Å². The maximum absolute atomic E-state index is 13.2. The average molecular weight is 168 g/mol. The maximum atomic E-state index is 13.2. The van der Waals surface area contributed by atoms with Crippen molar-refractivity contribution in [3.63, 3.8) is 0 Å². The number of rotatable bonds is 0. The summed E-state index contributed by atoms with van der Waals surface area (Å²) in [5.41, 5.74) is 2.05. The van der Waals surface area contributed by atoms with Crippen LogP contribution in [0.15, 0.2) is 17.0 Å². The van der Waals surface area contributed by atoms with E-state index in [1.807, 2.05) is 6.07 Å². The van der Waals surface area contributed by atoms with Crippen molar-refractivity contribution in [3.05, 3.63) is 29.1 Å². The largest absolute Gasteiger partial charge is 0.205 e. The Balaban J connectivity index is 2.62. The molecule has 1 aromatic carbocycles. The molecule has 0 radical (unpaired) electrons. The van der Waals surface area contributed by atoms with Crippen LogP contribution in [-0.4, -0.2) is 0 Å². The van der Waals surface area contributed by atoms with Gasteiger partial charge in [-0.1, -0.05) is 6.07 Å². The molecule has 58 valence electrons. The Hall–Kier alpha value is -0.500. The summed E-state index contributed by atoms with van der Waals surface area (Å²) >= 11 is 4.02. The third kappa shape index (κ3) is 1.06. The Morgan fingerprint density at radius 1 is 1.27 bits per heavy atom. The van der Waals surface area contributed by atoms with Crippen molar-refractivity contribution in [1.29, 1.82) is 0 Å². The van der Waals surface area contributed by atoms with Gasteiger partial charge in [-0.15, -0.1) is 12.6 Å². The standard InChI is InChI=1S/C9H9FS/c10-9-7-3-1-2-6(7)4-5-8(9)11/h4-5,11H,1-3H2. The van der Waals surface area contributed by atoms with Gasteiger partial charge in [0.05, 0.1) is 0 Å². The van der Waals surface area contributed by atoms with Crippen LogP contribution in [0.1, 0.15) is 17.5 Å². The number of halogens is 1. The van der Waals surface area contributed by atoms with Crippen LogP contribution in [0.3, 0.4) is 0 Å². The van der Waals surface area contributed by atoms with E-state index in [4.69, 9.17) is 0 Å². The Labute approximate surface area is 70.8 Å². The SMILES string of the molecule is Fc1c(S)ccc2c1CCC2. The molecule has 0 heterocycles. The Bertz CT molecular complexity index is 294. The number of benzene rings is 1. The van der Waals surface area contributed by atoms with Crippen LogP contribution in [0.5, 0.6) is 0 Å². The van der Waals surface area contributed by atoms with Crippen molar-refractivity contribution in [3.8, 4) is 0 Å². The lowest BCUT2D eigenvalue weighted by Gasteiger charge is -2.01. The first-order valence-electron chi connectivity index (χ1n) is 3.78. The molecule has 0 unspecified atom stereocenters. The molecule has 0 aromatic heterocycles. The first kappa shape index (κ1) is 7.17. The van der Waals surface area contributed by atoms with Gasteiger partial charge in [0.2, 0.25) is 0 Å². The van der Waals surface area contributed by atoms with E-state index >= 15 is 0 Å². The van der Waals surface area contributed by atoms with E-state index in [1.165, 1.54) is 5.56 Å². The summed E-state index contributed by atoms with van der Waals surface area (Å²) in [6.45, 7) is 0. The topological polar surface area (TPSA) is 0 Å². The first-order valence-corrected chi connectivity index (χ1v) is 4.23. The highest BCUT2D eigenvalue weighted by Gasteiger charge is 2.15. The van der Waals surface area contributed by atoms with Crippen molar-refractivity contribution in [2.45, 2.75) is 24.2 Å². The summed E-state index contributed by atoms with van der Waals surface area (Å²) < 4.78 is 13.2. The maximum Gasteiger partial charge on any atom is 0.139 e. The molecule has 2 rings (SSSR count). The molecule has 0 aliphatic heterocycles. The summed E-state index contributed by atoms with van der Waals surface area (Å²) in [5, 5.41) is 0. The van der Waals surface area contributed by atoms with Crippen molar-refractivity contribution in [2.24, 2.45) is 0 Å². The third-order valence-corrected chi connectivity index (χ3v) is 2.54. The highest BCUT2D eigenvalue weighted by molar-refractivity contribution is 7.80. The van der Waals surface area contributed by atoms with Crippen LogP contribution in [0.25, 0.3) is 0 Å². The van der Waals surface area contributed by atoms with Gasteiger partial charge in [0.1, 0.15) is 5.82 Å². The lowest BCUT2D eigenvalue weighted by atomic mass is 10.1. The van der Waals surface area contributed by atoms with Gasteiger partial charge >= 0.3 is 0 Å². The lowest BCUT2D eigenvalue weighted by Crippen LogP contribution is -1.89. The van der Waals surface area contributed by atoms with Gasteiger partial charge in [0, 0.05) is 4.90 Å².